The van der Waals surface area contributed by atoms with E-state index >= 15 is 0 Å². The zero-order chi connectivity index (χ0) is 13.0. The number of anilines is 1. The Hall–Kier alpha value is -1.46. The highest BCUT2D eigenvalue weighted by Crippen LogP contribution is 2.19. The van der Waals surface area contributed by atoms with Gasteiger partial charge in [-0.25, -0.2) is 4.98 Å². The minimum Gasteiger partial charge on any atom is -0.389 e. The molecule has 0 amide bonds. The van der Waals surface area contributed by atoms with Gasteiger partial charge < -0.3 is 11.1 Å². The molecule has 0 spiro atoms. The zero-order valence-corrected chi connectivity index (χ0v) is 11.8. The molecule has 0 atom stereocenters. The Morgan fingerprint density at radius 3 is 3.06 bits per heavy atom. The molecule has 0 aliphatic heterocycles. The summed E-state index contributed by atoms with van der Waals surface area (Å²) < 4.78 is 0. The van der Waals surface area contributed by atoms with Crippen molar-refractivity contribution >= 4 is 34.4 Å². The Bertz CT molecular complexity index is 549. The number of nitrogens with two attached hydrogens (primary N) is 1. The highest BCUT2D eigenvalue weighted by molar-refractivity contribution is 7.80. The minimum absolute atomic E-state index is 0.368. The summed E-state index contributed by atoms with van der Waals surface area (Å²) in [6.45, 7) is 2.92. The van der Waals surface area contributed by atoms with Crippen LogP contribution in [-0.4, -0.2) is 9.97 Å². The fourth-order valence-corrected chi connectivity index (χ4v) is 2.83. The fourth-order valence-electron chi connectivity index (χ4n) is 1.75. The molecule has 0 aliphatic carbocycles. The van der Waals surface area contributed by atoms with Crippen LogP contribution in [0.2, 0.25) is 0 Å². The molecule has 0 bridgehead atoms. The molecule has 3 N–H and O–H groups in total. The van der Waals surface area contributed by atoms with Gasteiger partial charge in [-0.3, -0.25) is 0 Å². The van der Waals surface area contributed by atoms with Crippen molar-refractivity contribution in [2.24, 2.45) is 5.73 Å². The van der Waals surface area contributed by atoms with E-state index < -0.39 is 0 Å². The molecule has 18 heavy (non-hydrogen) atoms. The summed E-state index contributed by atoms with van der Waals surface area (Å²) in [5.74, 6) is 0.750. The van der Waals surface area contributed by atoms with Crippen molar-refractivity contribution < 1.29 is 0 Å². The predicted octanol–water partition coefficient (Wildman–Crippen LogP) is 2.95. The Kier molecular flexibility index (Phi) is 4.28. The van der Waals surface area contributed by atoms with Gasteiger partial charge in [0, 0.05) is 11.1 Å². The number of pyridine rings is 1. The van der Waals surface area contributed by atoms with Crippen LogP contribution in [0.3, 0.4) is 0 Å². The number of aryl methyl sites for hydroxylation is 1. The lowest BCUT2D eigenvalue weighted by molar-refractivity contribution is 1.07. The van der Waals surface area contributed by atoms with Crippen molar-refractivity contribution in [3.8, 4) is 0 Å². The van der Waals surface area contributed by atoms with Crippen molar-refractivity contribution in [2.75, 3.05) is 5.32 Å². The normalized spacial score (nSPS) is 10.3. The quantitative estimate of drug-likeness (QED) is 0.825. The molecule has 0 aliphatic rings. The Balaban J connectivity index is 2.13. The average Bonchev–Trinajstić information content (AvgIpc) is 2.84. The Labute approximate surface area is 116 Å². The third kappa shape index (κ3) is 2.86. The standard InChI is InChI=1S/C13H15N3S2/c1-2-9-5-7-18-11(9)8-16-13-10(12(14)17)4-3-6-15-13/h3-7H,2,8H2,1H3,(H2,14,17)(H,15,16). The molecule has 5 heteroatoms. The van der Waals surface area contributed by atoms with Crippen LogP contribution in [0.5, 0.6) is 0 Å². The molecule has 2 rings (SSSR count). The van der Waals surface area contributed by atoms with E-state index in [0.717, 1.165) is 24.3 Å². The van der Waals surface area contributed by atoms with E-state index in [2.05, 4.69) is 28.7 Å². The smallest absolute Gasteiger partial charge is 0.136 e. The van der Waals surface area contributed by atoms with Crippen molar-refractivity contribution in [3.05, 3.63) is 45.8 Å². The fraction of sp³-hybridized carbons (Fsp3) is 0.231. The lowest BCUT2D eigenvalue weighted by Crippen LogP contribution is -2.14. The maximum Gasteiger partial charge on any atom is 0.136 e. The topological polar surface area (TPSA) is 50.9 Å². The van der Waals surface area contributed by atoms with Crippen LogP contribution in [0.25, 0.3) is 0 Å². The number of hydrogen-bond donors (Lipinski definition) is 2. The van der Waals surface area contributed by atoms with Gasteiger partial charge in [-0.1, -0.05) is 19.1 Å². The van der Waals surface area contributed by atoms with E-state index in [4.69, 9.17) is 18.0 Å². The van der Waals surface area contributed by atoms with Crippen LogP contribution < -0.4 is 11.1 Å². The third-order valence-corrected chi connectivity index (χ3v) is 3.89. The number of aromatic nitrogens is 1. The molecule has 0 unspecified atom stereocenters. The second kappa shape index (κ2) is 5.93. The van der Waals surface area contributed by atoms with Gasteiger partial charge in [0.2, 0.25) is 0 Å². The highest BCUT2D eigenvalue weighted by atomic mass is 32.1. The maximum atomic E-state index is 5.67. The summed E-state index contributed by atoms with van der Waals surface area (Å²) >= 11 is 6.77. The predicted molar refractivity (Wildman–Crippen MR) is 81.1 cm³/mol. The third-order valence-electron chi connectivity index (χ3n) is 2.71. The van der Waals surface area contributed by atoms with Gasteiger partial charge in [0.1, 0.15) is 10.8 Å². The van der Waals surface area contributed by atoms with Gasteiger partial charge in [-0.05, 0) is 35.6 Å². The van der Waals surface area contributed by atoms with E-state index in [1.165, 1.54) is 10.4 Å². The van der Waals surface area contributed by atoms with E-state index in [-0.39, 0.29) is 0 Å². The second-order valence-electron chi connectivity index (χ2n) is 3.84. The van der Waals surface area contributed by atoms with Crippen LogP contribution in [0.1, 0.15) is 22.9 Å². The highest BCUT2D eigenvalue weighted by Gasteiger charge is 2.07. The minimum atomic E-state index is 0.368. The molecular weight excluding hydrogens is 262 g/mol. The van der Waals surface area contributed by atoms with E-state index in [9.17, 15) is 0 Å². The van der Waals surface area contributed by atoms with Crippen LogP contribution in [0, 0.1) is 0 Å². The number of thiocarbonyl (C=S) groups is 1. The van der Waals surface area contributed by atoms with Crippen LogP contribution in [-0.2, 0) is 13.0 Å². The number of nitrogens with zero attached hydrogens (tertiary/aromatic N) is 1. The molecule has 94 valence electrons. The molecule has 0 aromatic carbocycles. The summed E-state index contributed by atoms with van der Waals surface area (Å²) in [4.78, 5) is 5.98. The van der Waals surface area contributed by atoms with Crippen molar-refractivity contribution in [3.63, 3.8) is 0 Å². The molecular formula is C13H15N3S2. The van der Waals surface area contributed by atoms with Crippen LogP contribution >= 0.6 is 23.6 Å². The first kappa shape index (κ1) is 13.0. The molecule has 0 radical (unpaired) electrons. The molecule has 2 heterocycles. The number of rotatable bonds is 5. The Morgan fingerprint density at radius 2 is 2.33 bits per heavy atom. The first-order valence-corrected chi connectivity index (χ1v) is 7.05. The zero-order valence-electron chi connectivity index (χ0n) is 10.1. The summed E-state index contributed by atoms with van der Waals surface area (Å²) in [7, 11) is 0. The summed E-state index contributed by atoms with van der Waals surface area (Å²) in [5, 5.41) is 5.42. The van der Waals surface area contributed by atoms with E-state index in [1.54, 1.807) is 17.5 Å². The van der Waals surface area contributed by atoms with Crippen LogP contribution in [0.4, 0.5) is 5.82 Å². The molecule has 0 fully saturated rings. The molecule has 0 saturated heterocycles. The van der Waals surface area contributed by atoms with E-state index in [1.807, 2.05) is 12.1 Å². The SMILES string of the molecule is CCc1ccsc1CNc1ncccc1C(N)=S. The van der Waals surface area contributed by atoms with Gasteiger partial charge >= 0.3 is 0 Å². The van der Waals surface area contributed by atoms with Gasteiger partial charge in [-0.2, -0.15) is 0 Å². The number of hydrogen-bond acceptors (Lipinski definition) is 4. The van der Waals surface area contributed by atoms with Gasteiger partial charge in [0.15, 0.2) is 0 Å². The van der Waals surface area contributed by atoms with Crippen molar-refractivity contribution in [1.29, 1.82) is 0 Å². The van der Waals surface area contributed by atoms with Crippen LogP contribution in [0.15, 0.2) is 29.8 Å². The van der Waals surface area contributed by atoms with Crippen molar-refractivity contribution in [2.45, 2.75) is 19.9 Å². The summed E-state index contributed by atoms with van der Waals surface area (Å²) in [6, 6.07) is 5.88. The number of thiophene rings is 1. The molecule has 3 nitrogen and oxygen atoms in total. The van der Waals surface area contributed by atoms with E-state index in [0.29, 0.717) is 4.99 Å². The summed E-state index contributed by atoms with van der Waals surface area (Å²) in [6.07, 6.45) is 2.78. The first-order chi connectivity index (χ1) is 8.72. The number of nitrogens with one attached hydrogen (secondary N) is 1. The molecule has 0 saturated carbocycles. The molecule has 2 aromatic rings. The van der Waals surface area contributed by atoms with Crippen molar-refractivity contribution in [1.82, 2.24) is 4.98 Å². The average molecular weight is 277 g/mol. The maximum absolute atomic E-state index is 5.67. The largest absolute Gasteiger partial charge is 0.389 e. The van der Waals surface area contributed by atoms with Gasteiger partial charge in [0.25, 0.3) is 0 Å². The van der Waals surface area contributed by atoms with Gasteiger partial charge in [-0.15, -0.1) is 11.3 Å². The first-order valence-electron chi connectivity index (χ1n) is 5.76. The monoisotopic (exact) mass is 277 g/mol. The Morgan fingerprint density at radius 1 is 1.50 bits per heavy atom. The lowest BCUT2D eigenvalue weighted by atomic mass is 10.2. The lowest BCUT2D eigenvalue weighted by Gasteiger charge is -2.09. The summed E-state index contributed by atoms with van der Waals surface area (Å²) in [5.41, 5.74) is 7.84. The molecule has 2 aromatic heterocycles. The van der Waals surface area contributed by atoms with Gasteiger partial charge in [0.05, 0.1) is 12.1 Å². The second-order valence-corrected chi connectivity index (χ2v) is 5.28.